The highest BCUT2D eigenvalue weighted by molar-refractivity contribution is 5.96. The quantitative estimate of drug-likeness (QED) is 0.726. The van der Waals surface area contributed by atoms with Gasteiger partial charge in [0.05, 0.1) is 19.8 Å². The van der Waals surface area contributed by atoms with Gasteiger partial charge in [0.15, 0.2) is 5.78 Å². The average Bonchev–Trinajstić information content (AvgIpc) is 2.52. The summed E-state index contributed by atoms with van der Waals surface area (Å²) in [4.78, 5) is 14.4. The summed E-state index contributed by atoms with van der Waals surface area (Å²) in [5.74, 6) is 1.02. The van der Waals surface area contributed by atoms with Gasteiger partial charge < -0.3 is 9.47 Å². The Bertz CT molecular complexity index is 416. The number of halogens is 1. The van der Waals surface area contributed by atoms with Gasteiger partial charge in [-0.15, -0.1) is 12.4 Å². The van der Waals surface area contributed by atoms with Crippen molar-refractivity contribution in [1.82, 2.24) is 4.90 Å². The summed E-state index contributed by atoms with van der Waals surface area (Å²) in [5, 5.41) is 0. The molecule has 0 bridgehead atoms. The van der Waals surface area contributed by atoms with Gasteiger partial charge in [0.2, 0.25) is 0 Å². The first-order valence-corrected chi connectivity index (χ1v) is 7.35. The van der Waals surface area contributed by atoms with Gasteiger partial charge in [0.1, 0.15) is 5.75 Å². The third-order valence-corrected chi connectivity index (χ3v) is 3.41. The number of benzene rings is 1. The van der Waals surface area contributed by atoms with E-state index in [0.29, 0.717) is 13.0 Å². The van der Waals surface area contributed by atoms with Crippen molar-refractivity contribution in [3.63, 3.8) is 0 Å². The SMILES string of the molecule is CCCOc1ccc(C(=O)CCN2CCOCC2)cc1.Cl. The van der Waals surface area contributed by atoms with Crippen LogP contribution in [0, 0.1) is 0 Å². The van der Waals surface area contributed by atoms with Crippen LogP contribution < -0.4 is 4.74 Å². The van der Waals surface area contributed by atoms with Crippen molar-refractivity contribution >= 4 is 18.2 Å². The van der Waals surface area contributed by atoms with Gasteiger partial charge in [0, 0.05) is 31.6 Å². The topological polar surface area (TPSA) is 38.8 Å². The minimum absolute atomic E-state index is 0. The summed E-state index contributed by atoms with van der Waals surface area (Å²) in [6.07, 6.45) is 1.55. The number of Topliss-reactive ketones (excluding diaryl/α,β-unsaturated/α-hetero) is 1. The fourth-order valence-corrected chi connectivity index (χ4v) is 2.19. The van der Waals surface area contributed by atoms with E-state index < -0.39 is 0 Å². The van der Waals surface area contributed by atoms with Crippen molar-refractivity contribution in [2.45, 2.75) is 19.8 Å². The van der Waals surface area contributed by atoms with Crippen molar-refractivity contribution in [3.8, 4) is 5.75 Å². The maximum Gasteiger partial charge on any atom is 0.164 e. The Labute approximate surface area is 132 Å². The molecule has 21 heavy (non-hydrogen) atoms. The molecule has 0 aliphatic carbocycles. The van der Waals surface area contributed by atoms with E-state index in [1.165, 1.54) is 0 Å². The number of nitrogens with zero attached hydrogens (tertiary/aromatic N) is 1. The Hall–Kier alpha value is -1.10. The van der Waals surface area contributed by atoms with Crippen LogP contribution in [0.5, 0.6) is 5.75 Å². The second-order valence-electron chi connectivity index (χ2n) is 5.00. The van der Waals surface area contributed by atoms with Gasteiger partial charge in [-0.1, -0.05) is 6.92 Å². The number of hydrogen-bond acceptors (Lipinski definition) is 4. The normalized spacial score (nSPS) is 15.3. The van der Waals surface area contributed by atoms with Crippen LogP contribution in [-0.4, -0.2) is 50.1 Å². The zero-order chi connectivity index (χ0) is 14.2. The van der Waals surface area contributed by atoms with Crippen LogP contribution in [0.4, 0.5) is 0 Å². The van der Waals surface area contributed by atoms with Crippen LogP contribution in [0.2, 0.25) is 0 Å². The fraction of sp³-hybridized carbons (Fsp3) is 0.562. The van der Waals surface area contributed by atoms with Crippen LogP contribution in [0.25, 0.3) is 0 Å². The van der Waals surface area contributed by atoms with E-state index >= 15 is 0 Å². The maximum absolute atomic E-state index is 12.1. The zero-order valence-corrected chi connectivity index (χ0v) is 13.4. The van der Waals surface area contributed by atoms with Gasteiger partial charge in [0.25, 0.3) is 0 Å². The minimum atomic E-state index is 0. The molecule has 0 radical (unpaired) electrons. The van der Waals surface area contributed by atoms with Crippen molar-refractivity contribution < 1.29 is 14.3 Å². The number of morpholine rings is 1. The predicted molar refractivity (Wildman–Crippen MR) is 85.7 cm³/mol. The molecule has 0 atom stereocenters. The molecule has 4 nitrogen and oxygen atoms in total. The number of ketones is 1. The highest BCUT2D eigenvalue weighted by Gasteiger charge is 2.13. The van der Waals surface area contributed by atoms with E-state index in [4.69, 9.17) is 9.47 Å². The molecule has 1 aliphatic heterocycles. The Morgan fingerprint density at radius 2 is 1.90 bits per heavy atom. The first kappa shape index (κ1) is 18.0. The van der Waals surface area contributed by atoms with Crippen LogP contribution >= 0.6 is 12.4 Å². The lowest BCUT2D eigenvalue weighted by molar-refractivity contribution is 0.0370. The number of rotatable bonds is 7. The first-order valence-electron chi connectivity index (χ1n) is 7.35. The Balaban J connectivity index is 0.00000220. The van der Waals surface area contributed by atoms with Gasteiger partial charge in [-0.2, -0.15) is 0 Å². The summed E-state index contributed by atoms with van der Waals surface area (Å²) >= 11 is 0. The molecule has 1 aromatic rings. The molecule has 0 N–H and O–H groups in total. The molecule has 0 amide bonds. The highest BCUT2D eigenvalue weighted by Crippen LogP contribution is 2.14. The number of ether oxygens (including phenoxy) is 2. The molecule has 5 heteroatoms. The molecule has 1 fully saturated rings. The molecule has 118 valence electrons. The fourth-order valence-electron chi connectivity index (χ4n) is 2.19. The average molecular weight is 314 g/mol. The number of carbonyl (C=O) groups is 1. The summed E-state index contributed by atoms with van der Waals surface area (Å²) in [6, 6.07) is 7.45. The molecular formula is C16H24ClNO3. The largest absolute Gasteiger partial charge is 0.494 e. The zero-order valence-electron chi connectivity index (χ0n) is 12.5. The van der Waals surface area contributed by atoms with E-state index in [1.807, 2.05) is 24.3 Å². The Kier molecular flexibility index (Phi) is 8.35. The second-order valence-corrected chi connectivity index (χ2v) is 5.00. The molecule has 0 unspecified atom stereocenters. The summed E-state index contributed by atoms with van der Waals surface area (Å²) in [5.41, 5.74) is 0.766. The van der Waals surface area contributed by atoms with E-state index in [1.54, 1.807) is 0 Å². The van der Waals surface area contributed by atoms with E-state index in [2.05, 4.69) is 11.8 Å². The van der Waals surface area contributed by atoms with Gasteiger partial charge in [-0.25, -0.2) is 0 Å². The number of hydrogen-bond donors (Lipinski definition) is 0. The standard InChI is InChI=1S/C16H23NO3.ClH/c1-2-11-20-15-5-3-14(4-6-15)16(18)7-8-17-9-12-19-13-10-17;/h3-6H,2,7-13H2,1H3;1H. The summed E-state index contributed by atoms with van der Waals surface area (Å²) < 4.78 is 10.8. The van der Waals surface area contributed by atoms with Gasteiger partial charge in [-0.05, 0) is 30.7 Å². The minimum Gasteiger partial charge on any atom is -0.494 e. The molecular weight excluding hydrogens is 290 g/mol. The van der Waals surface area contributed by atoms with E-state index in [9.17, 15) is 4.79 Å². The van der Waals surface area contributed by atoms with Crippen LogP contribution in [0.3, 0.4) is 0 Å². The predicted octanol–water partition coefficient (Wildman–Crippen LogP) is 2.80. The smallest absolute Gasteiger partial charge is 0.164 e. The lowest BCUT2D eigenvalue weighted by Crippen LogP contribution is -2.37. The van der Waals surface area contributed by atoms with E-state index in [0.717, 1.165) is 50.6 Å². The van der Waals surface area contributed by atoms with Gasteiger partial charge >= 0.3 is 0 Å². The van der Waals surface area contributed by atoms with E-state index in [-0.39, 0.29) is 18.2 Å². The second kappa shape index (κ2) is 9.77. The van der Waals surface area contributed by atoms with Crippen molar-refractivity contribution in [3.05, 3.63) is 29.8 Å². The molecule has 0 aromatic heterocycles. The highest BCUT2D eigenvalue weighted by atomic mass is 35.5. The lowest BCUT2D eigenvalue weighted by atomic mass is 10.1. The maximum atomic E-state index is 12.1. The van der Waals surface area contributed by atoms with Crippen LogP contribution in [0.15, 0.2) is 24.3 Å². The Morgan fingerprint density at radius 1 is 1.24 bits per heavy atom. The molecule has 1 heterocycles. The number of carbonyl (C=O) groups excluding carboxylic acids is 1. The molecule has 0 saturated carbocycles. The van der Waals surface area contributed by atoms with Crippen LogP contribution in [0.1, 0.15) is 30.1 Å². The molecule has 0 spiro atoms. The molecule has 1 aromatic carbocycles. The Morgan fingerprint density at radius 3 is 2.52 bits per heavy atom. The van der Waals surface area contributed by atoms with Crippen molar-refractivity contribution in [2.24, 2.45) is 0 Å². The third kappa shape index (κ3) is 6.04. The van der Waals surface area contributed by atoms with Crippen molar-refractivity contribution in [1.29, 1.82) is 0 Å². The summed E-state index contributed by atoms with van der Waals surface area (Å²) in [6.45, 7) is 7.01. The van der Waals surface area contributed by atoms with Crippen LogP contribution in [-0.2, 0) is 4.74 Å². The molecule has 2 rings (SSSR count). The van der Waals surface area contributed by atoms with Crippen molar-refractivity contribution in [2.75, 3.05) is 39.5 Å². The third-order valence-electron chi connectivity index (χ3n) is 3.41. The first-order chi connectivity index (χ1) is 9.79. The molecule has 1 saturated heterocycles. The van der Waals surface area contributed by atoms with Gasteiger partial charge in [-0.3, -0.25) is 9.69 Å². The lowest BCUT2D eigenvalue weighted by Gasteiger charge is -2.26. The summed E-state index contributed by atoms with van der Waals surface area (Å²) in [7, 11) is 0. The monoisotopic (exact) mass is 313 g/mol. The molecule has 1 aliphatic rings.